The highest BCUT2D eigenvalue weighted by Crippen LogP contribution is 2.20. The maximum atomic E-state index is 12.5. The minimum atomic E-state index is -0.532. The van der Waals surface area contributed by atoms with E-state index in [0.29, 0.717) is 5.92 Å². The van der Waals surface area contributed by atoms with Crippen LogP contribution in [0.5, 0.6) is 0 Å². The summed E-state index contributed by atoms with van der Waals surface area (Å²) in [5.41, 5.74) is 2.81. The van der Waals surface area contributed by atoms with E-state index < -0.39 is 12.1 Å². The van der Waals surface area contributed by atoms with Crippen LogP contribution in [-0.4, -0.2) is 18.6 Å². The number of hydrogen-bond acceptors (Lipinski definition) is 3. The normalized spacial score (nSPS) is 11.7. The van der Waals surface area contributed by atoms with Crippen molar-refractivity contribution < 1.29 is 14.3 Å². The first-order chi connectivity index (χ1) is 12.5. The van der Waals surface area contributed by atoms with Crippen molar-refractivity contribution >= 4 is 17.7 Å². The molecule has 0 bridgehead atoms. The van der Waals surface area contributed by atoms with Gasteiger partial charge in [-0.1, -0.05) is 56.3 Å². The molecule has 2 rings (SSSR count). The molecule has 0 aliphatic rings. The topological polar surface area (TPSA) is 67.4 Å². The summed E-state index contributed by atoms with van der Waals surface area (Å²) < 4.78 is 4.95. The lowest BCUT2D eigenvalue weighted by molar-refractivity contribution is -0.116. The minimum Gasteiger partial charge on any atom is -0.450 e. The van der Waals surface area contributed by atoms with Crippen molar-refractivity contribution in [2.45, 2.75) is 39.2 Å². The Labute approximate surface area is 154 Å². The third kappa shape index (κ3) is 5.92. The van der Waals surface area contributed by atoms with Crippen molar-refractivity contribution in [2.75, 3.05) is 11.9 Å². The zero-order chi connectivity index (χ0) is 18.9. The Morgan fingerprint density at radius 2 is 1.62 bits per heavy atom. The lowest BCUT2D eigenvalue weighted by Gasteiger charge is -2.18. The molecule has 2 aromatic rings. The van der Waals surface area contributed by atoms with Crippen LogP contribution in [0.1, 0.15) is 50.3 Å². The Morgan fingerprint density at radius 1 is 0.962 bits per heavy atom. The molecular weight excluding hydrogens is 328 g/mol. The number of nitrogens with one attached hydrogen (secondary N) is 2. The van der Waals surface area contributed by atoms with E-state index in [0.717, 1.165) is 11.3 Å². The quantitative estimate of drug-likeness (QED) is 0.762. The summed E-state index contributed by atoms with van der Waals surface area (Å²) >= 11 is 0. The molecule has 2 aromatic carbocycles. The first kappa shape index (κ1) is 19.5. The van der Waals surface area contributed by atoms with Gasteiger partial charge in [0.25, 0.3) is 0 Å². The second kappa shape index (κ2) is 9.61. The van der Waals surface area contributed by atoms with Gasteiger partial charge in [0.1, 0.15) is 0 Å². The highest BCUT2D eigenvalue weighted by Gasteiger charge is 2.19. The van der Waals surface area contributed by atoms with Gasteiger partial charge in [-0.25, -0.2) is 4.79 Å². The fourth-order valence-electron chi connectivity index (χ4n) is 2.60. The van der Waals surface area contributed by atoms with Crippen molar-refractivity contribution in [3.8, 4) is 0 Å². The molecule has 5 heteroatoms. The fraction of sp³-hybridized carbons (Fsp3) is 0.333. The van der Waals surface area contributed by atoms with Gasteiger partial charge in [0.05, 0.1) is 19.1 Å². The highest BCUT2D eigenvalue weighted by atomic mass is 16.5. The summed E-state index contributed by atoms with van der Waals surface area (Å²) in [5, 5.41) is 5.64. The first-order valence-corrected chi connectivity index (χ1v) is 8.87. The van der Waals surface area contributed by atoms with Gasteiger partial charge in [0, 0.05) is 5.69 Å². The molecule has 138 valence electrons. The molecule has 2 N–H and O–H groups in total. The number of anilines is 1. The van der Waals surface area contributed by atoms with E-state index >= 15 is 0 Å². The predicted molar refractivity (Wildman–Crippen MR) is 103 cm³/mol. The molecule has 0 saturated carbocycles. The van der Waals surface area contributed by atoms with Gasteiger partial charge in [-0.3, -0.25) is 4.79 Å². The molecule has 1 unspecified atom stereocenters. The van der Waals surface area contributed by atoms with Crippen molar-refractivity contribution in [3.05, 3.63) is 65.7 Å². The number of amides is 2. The van der Waals surface area contributed by atoms with Crippen LogP contribution in [0.4, 0.5) is 10.5 Å². The monoisotopic (exact) mass is 354 g/mol. The van der Waals surface area contributed by atoms with E-state index in [4.69, 9.17) is 4.74 Å². The fourth-order valence-corrected chi connectivity index (χ4v) is 2.60. The van der Waals surface area contributed by atoms with Gasteiger partial charge in [-0.15, -0.1) is 0 Å². The Hall–Kier alpha value is -2.82. The maximum absolute atomic E-state index is 12.5. The number of alkyl carbamates (subject to hydrolysis) is 1. The molecule has 0 aliphatic carbocycles. The van der Waals surface area contributed by atoms with Gasteiger partial charge >= 0.3 is 6.09 Å². The summed E-state index contributed by atoms with van der Waals surface area (Å²) in [6.07, 6.45) is -0.412. The summed E-state index contributed by atoms with van der Waals surface area (Å²) in [6, 6.07) is 16.7. The number of benzene rings is 2. The van der Waals surface area contributed by atoms with Crippen molar-refractivity contribution in [1.29, 1.82) is 0 Å². The third-order valence-electron chi connectivity index (χ3n) is 4.02. The average molecular weight is 354 g/mol. The lowest BCUT2D eigenvalue weighted by Crippen LogP contribution is -2.32. The molecule has 0 aliphatic heterocycles. The molecule has 26 heavy (non-hydrogen) atoms. The predicted octanol–water partition coefficient (Wildman–Crippen LogP) is 4.63. The zero-order valence-corrected chi connectivity index (χ0v) is 15.5. The van der Waals surface area contributed by atoms with E-state index in [2.05, 4.69) is 24.5 Å². The molecule has 2 amide bonds. The zero-order valence-electron chi connectivity index (χ0n) is 15.5. The van der Waals surface area contributed by atoms with Crippen LogP contribution >= 0.6 is 0 Å². The molecule has 0 heterocycles. The van der Waals surface area contributed by atoms with E-state index in [1.807, 2.05) is 54.6 Å². The van der Waals surface area contributed by atoms with Gasteiger partial charge in [-0.2, -0.15) is 0 Å². The molecular formula is C21H26N2O3. The number of hydrogen-bond donors (Lipinski definition) is 2. The largest absolute Gasteiger partial charge is 0.450 e. The smallest absolute Gasteiger partial charge is 0.407 e. The van der Waals surface area contributed by atoms with Gasteiger partial charge in [-0.05, 0) is 36.1 Å². The van der Waals surface area contributed by atoms with Crippen LogP contribution in [-0.2, 0) is 9.53 Å². The lowest BCUT2D eigenvalue weighted by atomic mass is 10.0. The van der Waals surface area contributed by atoms with E-state index in [-0.39, 0.29) is 18.9 Å². The second-order valence-corrected chi connectivity index (χ2v) is 6.36. The summed E-state index contributed by atoms with van der Waals surface area (Å²) in [7, 11) is 0. The Bertz CT molecular complexity index is 712. The van der Waals surface area contributed by atoms with Gasteiger partial charge in [0.15, 0.2) is 0 Å². The van der Waals surface area contributed by atoms with Crippen LogP contribution in [0, 0.1) is 0 Å². The molecule has 0 fully saturated rings. The van der Waals surface area contributed by atoms with Crippen LogP contribution < -0.4 is 10.6 Å². The average Bonchev–Trinajstić information content (AvgIpc) is 2.62. The molecule has 0 radical (unpaired) electrons. The number of carbonyl (C=O) groups is 2. The maximum Gasteiger partial charge on any atom is 0.407 e. The summed E-state index contributed by atoms with van der Waals surface area (Å²) in [5.74, 6) is 0.268. The van der Waals surface area contributed by atoms with Crippen LogP contribution in [0.3, 0.4) is 0 Å². The van der Waals surface area contributed by atoms with Crippen molar-refractivity contribution in [2.24, 2.45) is 0 Å². The van der Waals surface area contributed by atoms with E-state index in [1.54, 1.807) is 6.92 Å². The number of ether oxygens (including phenoxy) is 1. The Kier molecular flexibility index (Phi) is 7.21. The molecule has 5 nitrogen and oxygen atoms in total. The van der Waals surface area contributed by atoms with E-state index in [1.165, 1.54) is 5.56 Å². The Balaban J connectivity index is 2.04. The van der Waals surface area contributed by atoms with Gasteiger partial charge < -0.3 is 15.4 Å². The molecule has 0 aromatic heterocycles. The van der Waals surface area contributed by atoms with Crippen molar-refractivity contribution in [3.63, 3.8) is 0 Å². The molecule has 0 spiro atoms. The van der Waals surface area contributed by atoms with Gasteiger partial charge in [0.2, 0.25) is 5.91 Å². The van der Waals surface area contributed by atoms with Crippen LogP contribution in [0.15, 0.2) is 54.6 Å². The SMILES string of the molecule is CCOC(=O)NC(CC(=O)Nc1ccc(C(C)C)cc1)c1ccccc1. The number of rotatable bonds is 7. The third-order valence-corrected chi connectivity index (χ3v) is 4.02. The summed E-state index contributed by atoms with van der Waals surface area (Å²) in [6.45, 7) is 6.27. The van der Waals surface area contributed by atoms with Crippen LogP contribution in [0.2, 0.25) is 0 Å². The van der Waals surface area contributed by atoms with E-state index in [9.17, 15) is 9.59 Å². The minimum absolute atomic E-state index is 0.120. The highest BCUT2D eigenvalue weighted by molar-refractivity contribution is 5.91. The Morgan fingerprint density at radius 3 is 2.19 bits per heavy atom. The molecule has 0 saturated heterocycles. The first-order valence-electron chi connectivity index (χ1n) is 8.87. The van der Waals surface area contributed by atoms with Crippen molar-refractivity contribution in [1.82, 2.24) is 5.32 Å². The molecule has 1 atom stereocenters. The summed E-state index contributed by atoms with van der Waals surface area (Å²) in [4.78, 5) is 24.3. The number of carbonyl (C=O) groups excluding carboxylic acids is 2. The standard InChI is InChI=1S/C21H26N2O3/c1-4-26-21(25)23-19(17-8-6-5-7-9-17)14-20(24)22-18-12-10-16(11-13-18)15(2)3/h5-13,15,19H,4,14H2,1-3H3,(H,22,24)(H,23,25). The van der Waals surface area contributed by atoms with Crippen LogP contribution in [0.25, 0.3) is 0 Å². The second-order valence-electron chi connectivity index (χ2n) is 6.36.